The first-order valence-corrected chi connectivity index (χ1v) is 9.22. The number of amides is 1. The number of alkyl halides is 3. The molecule has 0 spiro atoms. The van der Waals surface area contributed by atoms with Crippen molar-refractivity contribution in [3.63, 3.8) is 0 Å². The standard InChI is InChI=1S/C18H19ClF3N3O3/c1-3-28-17(27)11-5-4-6-24(8-11)16(26)14-10(2)23-15-13(19)7-12(9-25(14)15)18(20,21)22/h7,9,11H,3-6,8H2,1-2H3. The lowest BCUT2D eigenvalue weighted by Gasteiger charge is -2.31. The van der Waals surface area contributed by atoms with Gasteiger partial charge in [-0.05, 0) is 32.8 Å². The van der Waals surface area contributed by atoms with Gasteiger partial charge in [0.2, 0.25) is 0 Å². The average Bonchev–Trinajstić information content (AvgIpc) is 2.97. The highest BCUT2D eigenvalue weighted by Crippen LogP contribution is 2.33. The van der Waals surface area contributed by atoms with Crippen LogP contribution in [0.5, 0.6) is 0 Å². The number of imidazole rings is 1. The molecular weight excluding hydrogens is 399 g/mol. The Balaban J connectivity index is 1.98. The van der Waals surface area contributed by atoms with E-state index in [1.165, 1.54) is 11.8 Å². The molecule has 1 amide bonds. The fraction of sp³-hybridized carbons (Fsp3) is 0.500. The first-order valence-electron chi connectivity index (χ1n) is 8.84. The number of fused-ring (bicyclic) bond motifs is 1. The molecule has 0 bridgehead atoms. The van der Waals surface area contributed by atoms with Crippen LogP contribution in [0.25, 0.3) is 5.65 Å². The maximum absolute atomic E-state index is 13.2. The normalized spacial score (nSPS) is 17.8. The second-order valence-electron chi connectivity index (χ2n) is 6.66. The molecule has 1 fully saturated rings. The smallest absolute Gasteiger partial charge is 0.417 e. The fourth-order valence-electron chi connectivity index (χ4n) is 3.39. The quantitative estimate of drug-likeness (QED) is 0.714. The van der Waals surface area contributed by atoms with Gasteiger partial charge in [-0.15, -0.1) is 0 Å². The zero-order chi connectivity index (χ0) is 20.6. The molecule has 1 saturated heterocycles. The van der Waals surface area contributed by atoms with Crippen LogP contribution in [0.2, 0.25) is 5.02 Å². The number of pyridine rings is 1. The van der Waals surface area contributed by atoms with E-state index in [0.29, 0.717) is 19.4 Å². The van der Waals surface area contributed by atoms with Crippen LogP contribution in [0.4, 0.5) is 13.2 Å². The number of nitrogens with zero attached hydrogens (tertiary/aromatic N) is 3. The lowest BCUT2D eigenvalue weighted by atomic mass is 9.98. The minimum Gasteiger partial charge on any atom is -0.466 e. The van der Waals surface area contributed by atoms with Gasteiger partial charge in [-0.2, -0.15) is 13.2 Å². The fourth-order valence-corrected chi connectivity index (χ4v) is 3.65. The van der Waals surface area contributed by atoms with Gasteiger partial charge in [0.15, 0.2) is 5.65 Å². The van der Waals surface area contributed by atoms with Crippen molar-refractivity contribution in [1.29, 1.82) is 0 Å². The molecule has 1 atom stereocenters. The molecule has 0 aromatic carbocycles. The first kappa shape index (κ1) is 20.4. The topological polar surface area (TPSA) is 63.9 Å². The second-order valence-corrected chi connectivity index (χ2v) is 7.06. The van der Waals surface area contributed by atoms with Crippen molar-refractivity contribution in [3.8, 4) is 0 Å². The van der Waals surface area contributed by atoms with Crippen molar-refractivity contribution in [1.82, 2.24) is 14.3 Å². The molecule has 152 valence electrons. The summed E-state index contributed by atoms with van der Waals surface area (Å²) in [7, 11) is 0. The highest BCUT2D eigenvalue weighted by atomic mass is 35.5. The molecule has 6 nitrogen and oxygen atoms in total. The number of esters is 1. The number of halogens is 4. The van der Waals surface area contributed by atoms with Crippen molar-refractivity contribution in [2.24, 2.45) is 5.92 Å². The summed E-state index contributed by atoms with van der Waals surface area (Å²) in [5.74, 6) is -1.32. The summed E-state index contributed by atoms with van der Waals surface area (Å²) in [5, 5.41) is -0.194. The Bertz CT molecular complexity index is 926. The number of carbonyl (C=O) groups excluding carboxylic acids is 2. The molecule has 0 radical (unpaired) electrons. The summed E-state index contributed by atoms with van der Waals surface area (Å²) in [6.07, 6.45) is -2.60. The maximum Gasteiger partial charge on any atom is 0.417 e. The van der Waals surface area contributed by atoms with E-state index in [0.717, 1.165) is 16.7 Å². The van der Waals surface area contributed by atoms with Crippen LogP contribution >= 0.6 is 11.6 Å². The predicted octanol–water partition coefficient (Wildman–Crippen LogP) is 3.73. The molecule has 1 unspecified atom stereocenters. The Morgan fingerprint density at radius 2 is 2.11 bits per heavy atom. The third-order valence-electron chi connectivity index (χ3n) is 4.71. The van der Waals surface area contributed by atoms with Gasteiger partial charge in [0.1, 0.15) is 5.69 Å². The Morgan fingerprint density at radius 1 is 1.39 bits per heavy atom. The minimum atomic E-state index is -4.61. The van der Waals surface area contributed by atoms with Gasteiger partial charge in [0.05, 0.1) is 28.8 Å². The van der Waals surface area contributed by atoms with E-state index in [1.54, 1.807) is 6.92 Å². The molecule has 1 aliphatic rings. The third kappa shape index (κ3) is 3.80. The summed E-state index contributed by atoms with van der Waals surface area (Å²) in [6, 6.07) is 0.787. The lowest BCUT2D eigenvalue weighted by Crippen LogP contribution is -2.43. The van der Waals surface area contributed by atoms with Gasteiger partial charge >= 0.3 is 12.1 Å². The average molecular weight is 418 g/mol. The van der Waals surface area contributed by atoms with Crippen molar-refractivity contribution in [3.05, 3.63) is 34.2 Å². The van der Waals surface area contributed by atoms with Crippen LogP contribution in [0.1, 0.15) is 41.5 Å². The molecule has 3 heterocycles. The van der Waals surface area contributed by atoms with Gasteiger partial charge in [-0.1, -0.05) is 11.6 Å². The minimum absolute atomic E-state index is 0.00695. The molecule has 0 N–H and O–H groups in total. The van der Waals surface area contributed by atoms with E-state index in [-0.39, 0.29) is 41.2 Å². The van der Waals surface area contributed by atoms with Crippen LogP contribution in [-0.4, -0.2) is 45.9 Å². The highest BCUT2D eigenvalue weighted by Gasteiger charge is 2.35. The van der Waals surface area contributed by atoms with Crippen molar-refractivity contribution < 1.29 is 27.5 Å². The van der Waals surface area contributed by atoms with E-state index in [9.17, 15) is 22.8 Å². The summed E-state index contributed by atoms with van der Waals surface area (Å²) < 4.78 is 45.6. The van der Waals surface area contributed by atoms with Crippen molar-refractivity contribution in [2.45, 2.75) is 32.9 Å². The molecule has 10 heteroatoms. The number of rotatable bonds is 3. The summed E-state index contributed by atoms with van der Waals surface area (Å²) in [4.78, 5) is 30.7. The number of hydrogen-bond acceptors (Lipinski definition) is 4. The SMILES string of the molecule is CCOC(=O)C1CCCN(C(=O)c2c(C)nc3c(Cl)cc(C(F)(F)F)cn23)C1. The predicted molar refractivity (Wildman–Crippen MR) is 95.2 cm³/mol. The number of aromatic nitrogens is 2. The summed E-state index contributed by atoms with van der Waals surface area (Å²) in [6.45, 7) is 4.03. The molecule has 3 rings (SSSR count). The van der Waals surface area contributed by atoms with Crippen LogP contribution in [0, 0.1) is 12.8 Å². The first-order chi connectivity index (χ1) is 13.1. The molecule has 2 aromatic rings. The largest absolute Gasteiger partial charge is 0.466 e. The molecular formula is C18H19ClF3N3O3. The zero-order valence-corrected chi connectivity index (χ0v) is 16.1. The molecule has 28 heavy (non-hydrogen) atoms. The van der Waals surface area contributed by atoms with E-state index < -0.39 is 23.6 Å². The summed E-state index contributed by atoms with van der Waals surface area (Å²) in [5.41, 5.74) is -0.619. The highest BCUT2D eigenvalue weighted by molar-refractivity contribution is 6.33. The van der Waals surface area contributed by atoms with Crippen LogP contribution < -0.4 is 0 Å². The summed E-state index contributed by atoms with van der Waals surface area (Å²) >= 11 is 5.97. The van der Waals surface area contributed by atoms with Gasteiger partial charge < -0.3 is 9.64 Å². The molecule has 1 aliphatic heterocycles. The van der Waals surface area contributed by atoms with Gasteiger partial charge in [-0.25, -0.2) is 4.98 Å². The number of ether oxygens (including phenoxy) is 1. The van der Waals surface area contributed by atoms with Crippen molar-refractivity contribution >= 4 is 29.1 Å². The van der Waals surface area contributed by atoms with E-state index >= 15 is 0 Å². The van der Waals surface area contributed by atoms with Gasteiger partial charge in [0, 0.05) is 19.3 Å². The number of aryl methyl sites for hydroxylation is 1. The van der Waals surface area contributed by atoms with Crippen LogP contribution in [-0.2, 0) is 15.7 Å². The Hall–Kier alpha value is -2.29. The number of carbonyl (C=O) groups is 2. The third-order valence-corrected chi connectivity index (χ3v) is 4.99. The second kappa shape index (κ2) is 7.62. The van der Waals surface area contributed by atoms with Crippen LogP contribution in [0.15, 0.2) is 12.3 Å². The molecule has 0 saturated carbocycles. The Kier molecular flexibility index (Phi) is 5.56. The molecule has 2 aromatic heterocycles. The lowest BCUT2D eigenvalue weighted by molar-refractivity contribution is -0.149. The Morgan fingerprint density at radius 3 is 2.75 bits per heavy atom. The van der Waals surface area contributed by atoms with Crippen LogP contribution in [0.3, 0.4) is 0 Å². The van der Waals surface area contributed by atoms with Gasteiger partial charge in [-0.3, -0.25) is 14.0 Å². The van der Waals surface area contributed by atoms with Crippen molar-refractivity contribution in [2.75, 3.05) is 19.7 Å². The number of hydrogen-bond donors (Lipinski definition) is 0. The maximum atomic E-state index is 13.2. The number of likely N-dealkylation sites (tertiary alicyclic amines) is 1. The molecule has 0 aliphatic carbocycles. The monoisotopic (exact) mass is 417 g/mol. The van der Waals surface area contributed by atoms with E-state index in [1.807, 2.05) is 0 Å². The number of piperidine rings is 1. The Labute approximate surface area is 164 Å². The van der Waals surface area contributed by atoms with E-state index in [2.05, 4.69) is 4.98 Å². The van der Waals surface area contributed by atoms with Gasteiger partial charge in [0.25, 0.3) is 5.91 Å². The van der Waals surface area contributed by atoms with E-state index in [4.69, 9.17) is 16.3 Å². The zero-order valence-electron chi connectivity index (χ0n) is 15.3.